The van der Waals surface area contributed by atoms with Gasteiger partial charge in [-0.05, 0) is 23.8 Å². The largest absolute Gasteiger partial charge is 0.479 e. The average Bonchev–Trinajstić information content (AvgIpc) is 3.13. The SMILES string of the molecule is CC1(CNC(=O)N[C@H](C(=O)O)c2ccccc2)CC1. The van der Waals surface area contributed by atoms with E-state index in [-0.39, 0.29) is 5.41 Å². The van der Waals surface area contributed by atoms with E-state index in [1.165, 1.54) is 0 Å². The first kappa shape index (κ1) is 13.4. The third-order valence-electron chi connectivity index (χ3n) is 3.43. The Balaban J connectivity index is 1.93. The number of hydrogen-bond acceptors (Lipinski definition) is 2. The second kappa shape index (κ2) is 5.30. The number of benzene rings is 1. The average molecular weight is 262 g/mol. The standard InChI is InChI=1S/C14H18N2O3/c1-14(7-8-14)9-15-13(19)16-11(12(17)18)10-5-3-2-4-6-10/h2-6,11H,7-9H2,1H3,(H,17,18)(H2,15,16,19)/t11-/m0/s1. The Morgan fingerprint density at radius 3 is 2.47 bits per heavy atom. The highest BCUT2D eigenvalue weighted by Crippen LogP contribution is 2.43. The molecule has 5 heteroatoms. The second-order valence-electron chi connectivity index (χ2n) is 5.32. The van der Waals surface area contributed by atoms with Gasteiger partial charge < -0.3 is 15.7 Å². The molecule has 5 nitrogen and oxygen atoms in total. The molecule has 1 saturated carbocycles. The Hall–Kier alpha value is -2.04. The van der Waals surface area contributed by atoms with Gasteiger partial charge in [0.1, 0.15) is 0 Å². The monoisotopic (exact) mass is 262 g/mol. The number of carboxylic acid groups (broad SMARTS) is 1. The number of carbonyl (C=O) groups is 2. The van der Waals surface area contributed by atoms with Crippen LogP contribution in [-0.4, -0.2) is 23.7 Å². The first-order valence-corrected chi connectivity index (χ1v) is 6.32. The summed E-state index contributed by atoms with van der Waals surface area (Å²) < 4.78 is 0. The Bertz CT molecular complexity index is 469. The number of hydrogen-bond donors (Lipinski definition) is 3. The Morgan fingerprint density at radius 1 is 1.32 bits per heavy atom. The highest BCUT2D eigenvalue weighted by molar-refractivity contribution is 5.83. The number of carbonyl (C=O) groups excluding carboxylic acids is 1. The van der Waals surface area contributed by atoms with E-state index in [4.69, 9.17) is 0 Å². The van der Waals surface area contributed by atoms with Gasteiger partial charge in [0, 0.05) is 6.54 Å². The highest BCUT2D eigenvalue weighted by Gasteiger charge is 2.37. The third kappa shape index (κ3) is 3.71. The minimum Gasteiger partial charge on any atom is -0.479 e. The maximum absolute atomic E-state index is 11.7. The normalized spacial score (nSPS) is 17.3. The van der Waals surface area contributed by atoms with Crippen LogP contribution in [0.1, 0.15) is 31.4 Å². The number of rotatable bonds is 5. The van der Waals surface area contributed by atoms with E-state index in [2.05, 4.69) is 17.6 Å². The van der Waals surface area contributed by atoms with Crippen molar-refractivity contribution in [2.75, 3.05) is 6.54 Å². The minimum absolute atomic E-state index is 0.197. The maximum atomic E-state index is 11.7. The summed E-state index contributed by atoms with van der Waals surface area (Å²) in [7, 11) is 0. The Morgan fingerprint density at radius 2 is 1.95 bits per heavy atom. The molecule has 2 rings (SSSR count). The fraction of sp³-hybridized carbons (Fsp3) is 0.429. The molecule has 1 fully saturated rings. The van der Waals surface area contributed by atoms with Crippen LogP contribution in [0.4, 0.5) is 4.79 Å². The predicted octanol–water partition coefficient (Wildman–Crippen LogP) is 1.91. The zero-order chi connectivity index (χ0) is 13.9. The van der Waals surface area contributed by atoms with Crippen LogP contribution in [0.15, 0.2) is 30.3 Å². The summed E-state index contributed by atoms with van der Waals surface area (Å²) in [6.45, 7) is 2.68. The molecule has 2 amide bonds. The molecule has 0 bridgehead atoms. The maximum Gasteiger partial charge on any atom is 0.330 e. The molecule has 0 saturated heterocycles. The molecule has 1 atom stereocenters. The van der Waals surface area contributed by atoms with E-state index >= 15 is 0 Å². The number of urea groups is 1. The van der Waals surface area contributed by atoms with Gasteiger partial charge in [-0.25, -0.2) is 9.59 Å². The summed E-state index contributed by atoms with van der Waals surface area (Å²) in [6.07, 6.45) is 2.21. The van der Waals surface area contributed by atoms with Crippen molar-refractivity contribution in [1.29, 1.82) is 0 Å². The number of nitrogens with one attached hydrogen (secondary N) is 2. The molecule has 1 aliphatic rings. The molecular weight excluding hydrogens is 244 g/mol. The highest BCUT2D eigenvalue weighted by atomic mass is 16.4. The van der Waals surface area contributed by atoms with Gasteiger partial charge in [0.15, 0.2) is 6.04 Å². The van der Waals surface area contributed by atoms with Gasteiger partial charge in [-0.1, -0.05) is 37.3 Å². The molecule has 0 spiro atoms. The van der Waals surface area contributed by atoms with E-state index in [1.807, 2.05) is 0 Å². The summed E-state index contributed by atoms with van der Waals surface area (Å²) in [4.78, 5) is 22.9. The second-order valence-corrected chi connectivity index (χ2v) is 5.32. The first-order chi connectivity index (χ1) is 9.00. The molecule has 102 valence electrons. The minimum atomic E-state index is -1.07. The fourth-order valence-corrected chi connectivity index (χ4v) is 1.80. The van der Waals surface area contributed by atoms with Crippen LogP contribution < -0.4 is 10.6 Å². The number of carboxylic acids is 1. The van der Waals surface area contributed by atoms with Crippen molar-refractivity contribution < 1.29 is 14.7 Å². The van der Waals surface area contributed by atoms with Crippen molar-refractivity contribution in [3.8, 4) is 0 Å². The van der Waals surface area contributed by atoms with Gasteiger partial charge in [0.05, 0.1) is 0 Å². The van der Waals surface area contributed by atoms with Crippen LogP contribution >= 0.6 is 0 Å². The van der Waals surface area contributed by atoms with Gasteiger partial charge >= 0.3 is 12.0 Å². The molecule has 1 aliphatic carbocycles. The molecule has 0 heterocycles. The summed E-state index contributed by atoms with van der Waals surface area (Å²) >= 11 is 0. The van der Waals surface area contributed by atoms with Crippen molar-refractivity contribution in [2.24, 2.45) is 5.41 Å². The Kier molecular flexibility index (Phi) is 3.74. The van der Waals surface area contributed by atoms with Crippen LogP contribution in [0.3, 0.4) is 0 Å². The van der Waals surface area contributed by atoms with Crippen molar-refractivity contribution in [1.82, 2.24) is 10.6 Å². The van der Waals surface area contributed by atoms with Gasteiger partial charge in [0.2, 0.25) is 0 Å². The number of amides is 2. The van der Waals surface area contributed by atoms with Crippen LogP contribution in [0.5, 0.6) is 0 Å². The first-order valence-electron chi connectivity index (χ1n) is 6.32. The van der Waals surface area contributed by atoms with Gasteiger partial charge in [-0.3, -0.25) is 0 Å². The lowest BCUT2D eigenvalue weighted by Gasteiger charge is -2.16. The lowest BCUT2D eigenvalue weighted by molar-refractivity contribution is -0.139. The summed E-state index contributed by atoms with van der Waals surface area (Å²) in [5, 5.41) is 14.4. The zero-order valence-corrected chi connectivity index (χ0v) is 10.8. The molecule has 0 radical (unpaired) electrons. The molecule has 1 aromatic rings. The van der Waals surface area contributed by atoms with Crippen molar-refractivity contribution in [3.05, 3.63) is 35.9 Å². The van der Waals surface area contributed by atoms with Gasteiger partial charge in [-0.15, -0.1) is 0 Å². The van der Waals surface area contributed by atoms with Crippen molar-refractivity contribution in [2.45, 2.75) is 25.8 Å². The van der Waals surface area contributed by atoms with Crippen LogP contribution in [-0.2, 0) is 4.79 Å². The van der Waals surface area contributed by atoms with E-state index in [0.29, 0.717) is 12.1 Å². The molecule has 0 aliphatic heterocycles. The lowest BCUT2D eigenvalue weighted by Crippen LogP contribution is -2.42. The molecule has 0 unspecified atom stereocenters. The summed E-state index contributed by atoms with van der Waals surface area (Å²) in [6, 6.07) is 7.20. The fourth-order valence-electron chi connectivity index (χ4n) is 1.80. The smallest absolute Gasteiger partial charge is 0.330 e. The van der Waals surface area contributed by atoms with Crippen molar-refractivity contribution >= 4 is 12.0 Å². The van der Waals surface area contributed by atoms with Crippen molar-refractivity contribution in [3.63, 3.8) is 0 Å². The quantitative estimate of drug-likeness (QED) is 0.758. The van der Waals surface area contributed by atoms with Gasteiger partial charge in [-0.2, -0.15) is 0 Å². The van der Waals surface area contributed by atoms with Crippen LogP contribution in [0.2, 0.25) is 0 Å². The summed E-state index contributed by atoms with van der Waals surface area (Å²) in [5.41, 5.74) is 0.755. The lowest BCUT2D eigenvalue weighted by atomic mass is 10.1. The van der Waals surface area contributed by atoms with Crippen LogP contribution in [0.25, 0.3) is 0 Å². The third-order valence-corrected chi connectivity index (χ3v) is 3.43. The van der Waals surface area contributed by atoms with E-state index < -0.39 is 18.0 Å². The molecule has 19 heavy (non-hydrogen) atoms. The van der Waals surface area contributed by atoms with Gasteiger partial charge in [0.25, 0.3) is 0 Å². The molecule has 1 aromatic carbocycles. The van der Waals surface area contributed by atoms with E-state index in [0.717, 1.165) is 12.8 Å². The summed E-state index contributed by atoms with van der Waals surface area (Å²) in [5.74, 6) is -1.07. The molecule has 0 aromatic heterocycles. The van der Waals surface area contributed by atoms with E-state index in [1.54, 1.807) is 30.3 Å². The number of aliphatic carboxylic acids is 1. The Labute approximate surface area is 112 Å². The van der Waals surface area contributed by atoms with E-state index in [9.17, 15) is 14.7 Å². The molecular formula is C14H18N2O3. The predicted molar refractivity (Wildman–Crippen MR) is 70.7 cm³/mol. The topological polar surface area (TPSA) is 78.4 Å². The zero-order valence-electron chi connectivity index (χ0n) is 10.8. The van der Waals surface area contributed by atoms with Crippen LogP contribution in [0, 0.1) is 5.41 Å². The molecule has 3 N–H and O–H groups in total.